The minimum absolute atomic E-state index is 0.234. The number of nitrogens with one attached hydrogen (secondary N) is 1. The molecule has 1 aliphatic rings. The van der Waals surface area contributed by atoms with E-state index in [1.54, 1.807) is 6.07 Å². The van der Waals surface area contributed by atoms with Crippen molar-refractivity contribution in [1.82, 2.24) is 5.32 Å². The minimum atomic E-state index is -0.592. The third kappa shape index (κ3) is 3.95. The Kier molecular flexibility index (Phi) is 5.06. The predicted octanol–water partition coefficient (Wildman–Crippen LogP) is 2.94. The first kappa shape index (κ1) is 14.3. The van der Waals surface area contributed by atoms with Crippen LogP contribution in [0.3, 0.4) is 0 Å². The number of rotatable bonds is 4. The summed E-state index contributed by atoms with van der Waals surface area (Å²) in [6.07, 6.45) is 1.66. The van der Waals surface area contributed by atoms with E-state index in [0.717, 1.165) is 34.4 Å². The van der Waals surface area contributed by atoms with E-state index in [9.17, 15) is 9.50 Å². The number of hydrogen-bond acceptors (Lipinski definition) is 3. The molecule has 0 saturated carbocycles. The molecule has 1 aromatic carbocycles. The van der Waals surface area contributed by atoms with Crippen LogP contribution in [0.2, 0.25) is 0 Å². The van der Waals surface area contributed by atoms with E-state index in [-0.39, 0.29) is 5.82 Å². The maximum Gasteiger partial charge on any atom is 0.123 e. The lowest BCUT2D eigenvalue weighted by Gasteiger charge is -2.32. The molecule has 0 radical (unpaired) electrons. The van der Waals surface area contributed by atoms with Gasteiger partial charge in [-0.1, -0.05) is 15.9 Å². The Morgan fingerprint density at radius 1 is 1.39 bits per heavy atom. The van der Waals surface area contributed by atoms with Crippen LogP contribution in [0.15, 0.2) is 22.7 Å². The van der Waals surface area contributed by atoms with Crippen LogP contribution in [-0.4, -0.2) is 28.8 Å². The first-order chi connectivity index (χ1) is 8.59. The summed E-state index contributed by atoms with van der Waals surface area (Å²) in [6.45, 7) is 1.13. The lowest BCUT2D eigenvalue weighted by molar-refractivity contribution is 0.0320. The van der Waals surface area contributed by atoms with Gasteiger partial charge in [-0.2, -0.15) is 11.8 Å². The second-order valence-corrected chi connectivity index (χ2v) is 6.76. The SMILES string of the molecule is OC1(CNCc2cc(F)ccc2Br)CCSCC1. The Morgan fingerprint density at radius 3 is 2.83 bits per heavy atom. The zero-order valence-corrected chi connectivity index (χ0v) is 12.5. The molecular formula is C13H17BrFNOS. The first-order valence-electron chi connectivity index (χ1n) is 6.04. The molecule has 1 aliphatic heterocycles. The molecule has 0 spiro atoms. The van der Waals surface area contributed by atoms with Crippen LogP contribution in [0.4, 0.5) is 4.39 Å². The van der Waals surface area contributed by atoms with Crippen LogP contribution in [0.1, 0.15) is 18.4 Å². The quantitative estimate of drug-likeness (QED) is 0.888. The van der Waals surface area contributed by atoms with E-state index >= 15 is 0 Å². The summed E-state index contributed by atoms with van der Waals surface area (Å²) in [5.41, 5.74) is 0.286. The molecule has 2 rings (SSSR count). The molecule has 1 saturated heterocycles. The Bertz CT molecular complexity index is 410. The van der Waals surface area contributed by atoms with Crippen molar-refractivity contribution in [2.24, 2.45) is 0 Å². The van der Waals surface area contributed by atoms with Gasteiger partial charge in [0, 0.05) is 17.6 Å². The van der Waals surface area contributed by atoms with E-state index in [4.69, 9.17) is 0 Å². The molecule has 0 amide bonds. The largest absolute Gasteiger partial charge is 0.389 e. The molecule has 2 nitrogen and oxygen atoms in total. The third-order valence-corrected chi connectivity index (χ3v) is 4.96. The highest BCUT2D eigenvalue weighted by Crippen LogP contribution is 2.26. The van der Waals surface area contributed by atoms with Gasteiger partial charge in [-0.05, 0) is 48.1 Å². The highest BCUT2D eigenvalue weighted by molar-refractivity contribution is 9.10. The van der Waals surface area contributed by atoms with Gasteiger partial charge < -0.3 is 10.4 Å². The molecule has 2 N–H and O–H groups in total. The molecular weight excluding hydrogens is 317 g/mol. The van der Waals surface area contributed by atoms with E-state index in [0.29, 0.717) is 13.1 Å². The maximum atomic E-state index is 13.1. The molecule has 0 bridgehead atoms. The Balaban J connectivity index is 1.86. The van der Waals surface area contributed by atoms with Crippen molar-refractivity contribution >= 4 is 27.7 Å². The number of halogens is 2. The van der Waals surface area contributed by atoms with Crippen molar-refractivity contribution in [3.05, 3.63) is 34.1 Å². The molecule has 18 heavy (non-hydrogen) atoms. The topological polar surface area (TPSA) is 32.3 Å². The van der Waals surface area contributed by atoms with Gasteiger partial charge in [0.2, 0.25) is 0 Å². The lowest BCUT2D eigenvalue weighted by Crippen LogP contribution is -2.43. The highest BCUT2D eigenvalue weighted by Gasteiger charge is 2.28. The predicted molar refractivity (Wildman–Crippen MR) is 77.3 cm³/mol. The van der Waals surface area contributed by atoms with Crippen LogP contribution in [0.25, 0.3) is 0 Å². The summed E-state index contributed by atoms with van der Waals surface area (Å²) in [7, 11) is 0. The summed E-state index contributed by atoms with van der Waals surface area (Å²) in [5, 5.41) is 13.5. The molecule has 1 fully saturated rings. The van der Waals surface area contributed by atoms with Gasteiger partial charge in [-0.3, -0.25) is 0 Å². The van der Waals surface area contributed by atoms with Gasteiger partial charge >= 0.3 is 0 Å². The fourth-order valence-corrected chi connectivity index (χ4v) is 3.68. The van der Waals surface area contributed by atoms with Crippen molar-refractivity contribution in [2.45, 2.75) is 25.0 Å². The standard InChI is InChI=1S/C13H17BrFNOS/c14-12-2-1-11(15)7-10(12)8-16-9-13(17)3-5-18-6-4-13/h1-2,7,16-17H,3-6,8-9H2. The molecule has 5 heteroatoms. The smallest absolute Gasteiger partial charge is 0.123 e. The third-order valence-electron chi connectivity index (χ3n) is 3.20. The monoisotopic (exact) mass is 333 g/mol. The average molecular weight is 334 g/mol. The summed E-state index contributed by atoms with van der Waals surface area (Å²) in [4.78, 5) is 0. The van der Waals surface area contributed by atoms with Crippen LogP contribution in [-0.2, 0) is 6.54 Å². The zero-order valence-electron chi connectivity index (χ0n) is 10.1. The van der Waals surface area contributed by atoms with Crippen molar-refractivity contribution in [3.63, 3.8) is 0 Å². The minimum Gasteiger partial charge on any atom is -0.389 e. The lowest BCUT2D eigenvalue weighted by atomic mass is 9.97. The Hall–Kier alpha value is -0.100. The molecule has 0 atom stereocenters. The van der Waals surface area contributed by atoms with Crippen LogP contribution < -0.4 is 5.32 Å². The summed E-state index contributed by atoms with van der Waals surface area (Å²) < 4.78 is 14.0. The van der Waals surface area contributed by atoms with E-state index < -0.39 is 5.60 Å². The fourth-order valence-electron chi connectivity index (χ4n) is 2.04. The Labute approximate surface area is 119 Å². The van der Waals surface area contributed by atoms with Gasteiger partial charge in [0.25, 0.3) is 0 Å². The van der Waals surface area contributed by atoms with Crippen LogP contribution in [0.5, 0.6) is 0 Å². The molecule has 0 aliphatic carbocycles. The Morgan fingerprint density at radius 2 is 2.11 bits per heavy atom. The highest BCUT2D eigenvalue weighted by atomic mass is 79.9. The normalized spacial score (nSPS) is 18.8. The number of thioether (sulfide) groups is 1. The first-order valence-corrected chi connectivity index (χ1v) is 7.99. The number of aliphatic hydroxyl groups is 1. The second kappa shape index (κ2) is 6.37. The zero-order chi connectivity index (χ0) is 13.0. The van der Waals surface area contributed by atoms with E-state index in [1.807, 2.05) is 11.8 Å². The van der Waals surface area contributed by atoms with E-state index in [1.165, 1.54) is 12.1 Å². The maximum absolute atomic E-state index is 13.1. The summed E-state index contributed by atoms with van der Waals surface area (Å²) >= 11 is 5.28. The fraction of sp³-hybridized carbons (Fsp3) is 0.538. The van der Waals surface area contributed by atoms with Gasteiger partial charge in [-0.15, -0.1) is 0 Å². The molecule has 0 unspecified atom stereocenters. The molecule has 0 aromatic heterocycles. The number of benzene rings is 1. The molecule has 100 valence electrons. The van der Waals surface area contributed by atoms with E-state index in [2.05, 4.69) is 21.2 Å². The van der Waals surface area contributed by atoms with Crippen molar-refractivity contribution in [1.29, 1.82) is 0 Å². The molecule has 1 heterocycles. The second-order valence-electron chi connectivity index (χ2n) is 4.68. The van der Waals surface area contributed by atoms with Crippen molar-refractivity contribution in [3.8, 4) is 0 Å². The van der Waals surface area contributed by atoms with Gasteiger partial charge in [0.05, 0.1) is 5.60 Å². The van der Waals surface area contributed by atoms with Crippen molar-refractivity contribution in [2.75, 3.05) is 18.1 Å². The van der Waals surface area contributed by atoms with Crippen LogP contribution in [0, 0.1) is 5.82 Å². The molecule has 1 aromatic rings. The van der Waals surface area contributed by atoms with Gasteiger partial charge in [0.1, 0.15) is 5.82 Å². The van der Waals surface area contributed by atoms with Gasteiger partial charge in [-0.25, -0.2) is 4.39 Å². The van der Waals surface area contributed by atoms with Gasteiger partial charge in [0.15, 0.2) is 0 Å². The van der Waals surface area contributed by atoms with Crippen LogP contribution >= 0.6 is 27.7 Å². The van der Waals surface area contributed by atoms with Crippen molar-refractivity contribution < 1.29 is 9.50 Å². The summed E-state index contributed by atoms with van der Waals surface area (Å²) in [5.74, 6) is 1.80. The average Bonchev–Trinajstić information content (AvgIpc) is 2.34. The number of hydrogen-bond donors (Lipinski definition) is 2. The summed E-state index contributed by atoms with van der Waals surface area (Å²) in [6, 6.07) is 4.65.